The van der Waals surface area contributed by atoms with Crippen LogP contribution < -0.4 is 0 Å². The summed E-state index contributed by atoms with van der Waals surface area (Å²) in [5.41, 5.74) is 0.961. The topological polar surface area (TPSA) is 63.6 Å². The molecule has 0 fully saturated rings. The second kappa shape index (κ2) is 5.91. The lowest BCUT2D eigenvalue weighted by atomic mass is 9.90. The first-order valence-corrected chi connectivity index (χ1v) is 8.47. The molecule has 0 N–H and O–H groups in total. The highest BCUT2D eigenvalue weighted by molar-refractivity contribution is 7.90. The number of rotatable bonds is 2. The van der Waals surface area contributed by atoms with Crippen LogP contribution >= 0.6 is 23.2 Å². The molecule has 1 aromatic rings. The number of carbonyl (C=O) groups excluding carboxylic acids is 1. The number of ketones is 1. The predicted molar refractivity (Wildman–Crippen MR) is 83.7 cm³/mol. The van der Waals surface area contributed by atoms with E-state index in [0.29, 0.717) is 11.1 Å². The summed E-state index contributed by atoms with van der Waals surface area (Å²) in [6.07, 6.45) is 0. The number of carbonyl (C=O) groups is 1. The molecule has 21 heavy (non-hydrogen) atoms. The molecule has 1 aromatic carbocycles. The summed E-state index contributed by atoms with van der Waals surface area (Å²) < 4.78 is 28.4. The Hall–Kier alpha value is -1.17. The average Bonchev–Trinajstić information content (AvgIpc) is 2.48. The Balaban J connectivity index is 2.57. The second-order valence-electron chi connectivity index (χ2n) is 4.68. The van der Waals surface area contributed by atoms with Crippen molar-refractivity contribution in [2.45, 2.75) is 29.5 Å². The highest BCUT2D eigenvalue weighted by Crippen LogP contribution is 2.29. The van der Waals surface area contributed by atoms with Gasteiger partial charge in [-0.2, -0.15) is 12.8 Å². The van der Waals surface area contributed by atoms with Gasteiger partial charge in [0.15, 0.2) is 5.78 Å². The molecule has 1 aliphatic rings. The molecule has 0 unspecified atom stereocenters. The van der Waals surface area contributed by atoms with Crippen molar-refractivity contribution in [2.24, 2.45) is 4.40 Å². The molecule has 0 bridgehead atoms. The largest absolute Gasteiger partial charge is 0.293 e. The summed E-state index contributed by atoms with van der Waals surface area (Å²) in [4.78, 5) is 11.9. The Morgan fingerprint density at radius 1 is 1.00 bits per heavy atom. The number of allylic oxidation sites excluding steroid dienone is 2. The van der Waals surface area contributed by atoms with E-state index < -0.39 is 20.8 Å². The Morgan fingerprint density at radius 2 is 1.57 bits per heavy atom. The van der Waals surface area contributed by atoms with Gasteiger partial charge in [-0.1, -0.05) is 18.2 Å². The normalized spacial score (nSPS) is 25.5. The maximum Gasteiger partial charge on any atom is 0.282 e. The first-order chi connectivity index (χ1) is 9.75. The van der Waals surface area contributed by atoms with Crippen LogP contribution in [-0.2, 0) is 14.8 Å². The van der Waals surface area contributed by atoms with Crippen molar-refractivity contribution in [3.8, 4) is 0 Å². The van der Waals surface area contributed by atoms with E-state index in [2.05, 4.69) is 4.40 Å². The van der Waals surface area contributed by atoms with Crippen LogP contribution in [0.4, 0.5) is 0 Å². The van der Waals surface area contributed by atoms with Gasteiger partial charge in [0.2, 0.25) is 0 Å². The molecule has 7 heteroatoms. The third-order valence-corrected chi connectivity index (χ3v) is 5.69. The van der Waals surface area contributed by atoms with E-state index in [1.165, 1.54) is 12.1 Å². The molecule has 0 saturated heterocycles. The van der Waals surface area contributed by atoms with Crippen LogP contribution in [0.2, 0.25) is 0 Å². The van der Waals surface area contributed by atoms with Crippen LogP contribution in [0.5, 0.6) is 0 Å². The fourth-order valence-electron chi connectivity index (χ4n) is 1.96. The monoisotopic (exact) mass is 345 g/mol. The van der Waals surface area contributed by atoms with Gasteiger partial charge in [0.1, 0.15) is 10.8 Å². The van der Waals surface area contributed by atoms with E-state index in [9.17, 15) is 13.2 Å². The van der Waals surface area contributed by atoms with E-state index in [-0.39, 0.29) is 16.4 Å². The van der Waals surface area contributed by atoms with E-state index in [4.69, 9.17) is 23.2 Å². The third kappa shape index (κ3) is 3.05. The summed E-state index contributed by atoms with van der Waals surface area (Å²) in [6, 6.07) is 7.81. The molecular formula is C14H13Cl2NO3S. The van der Waals surface area contributed by atoms with Crippen LogP contribution in [0.25, 0.3) is 0 Å². The number of nitrogens with zero attached hydrogens (tertiary/aromatic N) is 1. The van der Waals surface area contributed by atoms with Gasteiger partial charge in [-0.15, -0.1) is 23.2 Å². The summed E-state index contributed by atoms with van der Waals surface area (Å²) >= 11 is 12.1. The smallest absolute Gasteiger partial charge is 0.282 e. The fraction of sp³-hybridized carbons (Fsp3) is 0.286. The van der Waals surface area contributed by atoms with E-state index in [1.807, 2.05) is 0 Å². The average molecular weight is 346 g/mol. The number of sulfonamides is 1. The Labute approximate surface area is 133 Å². The van der Waals surface area contributed by atoms with E-state index in [1.54, 1.807) is 32.0 Å². The van der Waals surface area contributed by atoms with Crippen molar-refractivity contribution in [1.82, 2.24) is 0 Å². The van der Waals surface area contributed by atoms with Gasteiger partial charge < -0.3 is 0 Å². The van der Waals surface area contributed by atoms with Gasteiger partial charge in [0.25, 0.3) is 10.0 Å². The lowest BCUT2D eigenvalue weighted by molar-refractivity contribution is -0.115. The van der Waals surface area contributed by atoms with Gasteiger partial charge >= 0.3 is 0 Å². The summed E-state index contributed by atoms with van der Waals surface area (Å²) in [7, 11) is -3.89. The van der Waals surface area contributed by atoms with Gasteiger partial charge in [-0.05, 0) is 37.1 Å². The van der Waals surface area contributed by atoms with Crippen molar-refractivity contribution in [1.29, 1.82) is 0 Å². The first-order valence-electron chi connectivity index (χ1n) is 6.16. The molecule has 4 nitrogen and oxygen atoms in total. The first kappa shape index (κ1) is 16.2. The highest BCUT2D eigenvalue weighted by Gasteiger charge is 2.37. The molecule has 1 aliphatic carbocycles. The van der Waals surface area contributed by atoms with Gasteiger partial charge in [-0.25, -0.2) is 0 Å². The molecule has 0 radical (unpaired) electrons. The zero-order valence-corrected chi connectivity index (χ0v) is 13.7. The minimum atomic E-state index is -3.89. The van der Waals surface area contributed by atoms with Crippen molar-refractivity contribution in [3.63, 3.8) is 0 Å². The predicted octanol–water partition coefficient (Wildman–Crippen LogP) is 2.95. The molecule has 0 spiro atoms. The summed E-state index contributed by atoms with van der Waals surface area (Å²) in [5.74, 6) is -0.301. The van der Waals surface area contributed by atoms with Gasteiger partial charge in [-0.3, -0.25) is 4.79 Å². The standard InChI is InChI=1S/C14H13Cl2NO3S/c1-8-9(2)14(18)12(16)11(15)13(8)17-21(19,20)10-6-4-3-5-7-10/h3-7,11-12H,1-2H3/t11-,12+/m1/s1. The zero-order valence-electron chi connectivity index (χ0n) is 11.4. The zero-order chi connectivity index (χ0) is 15.8. The van der Waals surface area contributed by atoms with Crippen molar-refractivity contribution in [2.75, 3.05) is 0 Å². The fourth-order valence-corrected chi connectivity index (χ4v) is 3.74. The number of benzene rings is 1. The van der Waals surface area contributed by atoms with Crippen molar-refractivity contribution >= 4 is 44.7 Å². The van der Waals surface area contributed by atoms with Crippen LogP contribution in [0, 0.1) is 0 Å². The van der Waals surface area contributed by atoms with Crippen LogP contribution in [0.15, 0.2) is 50.8 Å². The van der Waals surface area contributed by atoms with Gasteiger partial charge in [0, 0.05) is 0 Å². The van der Waals surface area contributed by atoms with E-state index >= 15 is 0 Å². The number of Topliss-reactive ketones (excluding diaryl/α,β-unsaturated/α-hetero) is 1. The highest BCUT2D eigenvalue weighted by atomic mass is 35.5. The number of hydrogen-bond donors (Lipinski definition) is 0. The number of alkyl halides is 2. The molecule has 2 rings (SSSR count). The molecule has 0 aromatic heterocycles. The van der Waals surface area contributed by atoms with Gasteiger partial charge in [0.05, 0.1) is 10.6 Å². The summed E-state index contributed by atoms with van der Waals surface area (Å²) in [6.45, 7) is 3.20. The minimum Gasteiger partial charge on any atom is -0.293 e. The van der Waals surface area contributed by atoms with Crippen molar-refractivity contribution in [3.05, 3.63) is 41.5 Å². The number of hydrogen-bond acceptors (Lipinski definition) is 3. The molecule has 0 heterocycles. The Kier molecular flexibility index (Phi) is 4.56. The molecule has 0 amide bonds. The molecular weight excluding hydrogens is 333 g/mol. The molecule has 2 atom stereocenters. The lowest BCUT2D eigenvalue weighted by Gasteiger charge is -2.25. The minimum absolute atomic E-state index is 0.0647. The Morgan fingerprint density at radius 3 is 2.14 bits per heavy atom. The number of halogens is 2. The van der Waals surface area contributed by atoms with E-state index in [0.717, 1.165) is 0 Å². The molecule has 112 valence electrons. The maximum absolute atomic E-state index is 12.3. The Bertz CT molecular complexity index is 739. The van der Waals surface area contributed by atoms with Crippen molar-refractivity contribution < 1.29 is 13.2 Å². The quantitative estimate of drug-likeness (QED) is 0.774. The molecule has 0 aliphatic heterocycles. The maximum atomic E-state index is 12.3. The van der Waals surface area contributed by atoms with Crippen LogP contribution in [0.1, 0.15) is 13.8 Å². The summed E-state index contributed by atoms with van der Waals surface area (Å²) in [5, 5.41) is -1.98. The SMILES string of the molecule is CC1=C(C)C(=NS(=O)(=O)c2ccccc2)[C@H](Cl)[C@H](Cl)C1=O. The van der Waals surface area contributed by atoms with Crippen LogP contribution in [-0.4, -0.2) is 30.7 Å². The third-order valence-electron chi connectivity index (χ3n) is 3.34. The second-order valence-corrected chi connectivity index (χ2v) is 7.23. The van der Waals surface area contributed by atoms with Crippen LogP contribution in [0.3, 0.4) is 0 Å². The molecule has 0 saturated carbocycles. The lowest BCUT2D eigenvalue weighted by Crippen LogP contribution is -2.39.